The molecule has 3 rings (SSSR count). The van der Waals surface area contributed by atoms with Gasteiger partial charge in [-0.2, -0.15) is 0 Å². The third-order valence-corrected chi connectivity index (χ3v) is 5.31. The van der Waals surface area contributed by atoms with E-state index in [0.29, 0.717) is 0 Å². The van der Waals surface area contributed by atoms with Crippen LogP contribution in [0.3, 0.4) is 0 Å². The molecule has 2 atom stereocenters. The van der Waals surface area contributed by atoms with Gasteiger partial charge in [-0.1, -0.05) is 25.7 Å². The lowest BCUT2D eigenvalue weighted by Gasteiger charge is -2.44. The number of nitrogens with one attached hydrogen (secondary N) is 1. The predicted octanol–water partition coefficient (Wildman–Crippen LogP) is 2.96. The lowest BCUT2D eigenvalue weighted by Crippen LogP contribution is -2.46. The minimum Gasteiger partial charge on any atom is -0.316 e. The molecule has 0 aromatic rings. The van der Waals surface area contributed by atoms with E-state index >= 15 is 0 Å². The first-order valence-corrected chi connectivity index (χ1v) is 6.62. The quantitative estimate of drug-likeness (QED) is 0.623. The van der Waals surface area contributed by atoms with E-state index in [4.69, 9.17) is 0 Å². The minimum absolute atomic E-state index is 0.807. The van der Waals surface area contributed by atoms with Crippen molar-refractivity contribution in [3.63, 3.8) is 0 Å². The molecule has 2 aliphatic carbocycles. The van der Waals surface area contributed by atoms with Crippen LogP contribution in [-0.2, 0) is 0 Å². The molecule has 1 saturated heterocycles. The maximum absolute atomic E-state index is 3.64. The van der Waals surface area contributed by atoms with Crippen molar-refractivity contribution in [2.75, 3.05) is 13.1 Å². The zero-order valence-electron chi connectivity index (χ0n) is 9.23. The van der Waals surface area contributed by atoms with E-state index in [2.05, 4.69) is 5.32 Å². The van der Waals surface area contributed by atoms with Crippen LogP contribution in [0.2, 0.25) is 0 Å². The van der Waals surface area contributed by atoms with Gasteiger partial charge in [-0.05, 0) is 56.0 Å². The van der Waals surface area contributed by atoms with Crippen LogP contribution >= 0.6 is 0 Å². The number of hydrogen-bond donors (Lipinski definition) is 1. The van der Waals surface area contributed by atoms with E-state index in [9.17, 15) is 0 Å². The fourth-order valence-corrected chi connectivity index (χ4v) is 4.56. The fourth-order valence-electron chi connectivity index (χ4n) is 4.56. The molecular weight excluding hydrogens is 170 g/mol. The number of hydrogen-bond acceptors (Lipinski definition) is 1. The van der Waals surface area contributed by atoms with Gasteiger partial charge in [0.25, 0.3) is 0 Å². The summed E-state index contributed by atoms with van der Waals surface area (Å²) in [4.78, 5) is 0. The van der Waals surface area contributed by atoms with Gasteiger partial charge in [0.2, 0.25) is 0 Å². The Labute approximate surface area is 87.7 Å². The van der Waals surface area contributed by atoms with Crippen molar-refractivity contribution < 1.29 is 0 Å². The Hall–Kier alpha value is -0.0400. The summed E-state index contributed by atoms with van der Waals surface area (Å²) in [6.07, 6.45) is 12.2. The standard InChI is InChI=1S/C13H23N/c1-2-4-8-13(7-3-1)11-5-6-12(13)10-14-9-11/h11-12,14H,1-10H2. The van der Waals surface area contributed by atoms with Crippen molar-refractivity contribution in [3.8, 4) is 0 Å². The van der Waals surface area contributed by atoms with Gasteiger partial charge in [-0.25, -0.2) is 0 Å². The molecule has 1 nitrogen and oxygen atoms in total. The van der Waals surface area contributed by atoms with Gasteiger partial charge in [0, 0.05) is 0 Å². The molecule has 80 valence electrons. The molecule has 1 heterocycles. The van der Waals surface area contributed by atoms with Crippen LogP contribution in [-0.4, -0.2) is 13.1 Å². The zero-order valence-corrected chi connectivity index (χ0v) is 9.23. The monoisotopic (exact) mass is 193 g/mol. The Bertz CT molecular complexity index is 185. The SMILES string of the molecule is C1CCCC2(CC1)C1CCC2CNC1. The Morgan fingerprint density at radius 3 is 1.93 bits per heavy atom. The summed E-state index contributed by atoms with van der Waals surface area (Å²) in [5.74, 6) is 2.08. The van der Waals surface area contributed by atoms with Crippen LogP contribution < -0.4 is 5.32 Å². The van der Waals surface area contributed by atoms with Gasteiger partial charge in [0.05, 0.1) is 0 Å². The molecule has 14 heavy (non-hydrogen) atoms. The molecule has 2 saturated carbocycles. The Morgan fingerprint density at radius 1 is 0.786 bits per heavy atom. The molecule has 1 N–H and O–H groups in total. The van der Waals surface area contributed by atoms with E-state index in [1.54, 1.807) is 12.8 Å². The lowest BCUT2D eigenvalue weighted by atomic mass is 9.65. The molecule has 0 radical (unpaired) electrons. The maximum Gasteiger partial charge on any atom is -0.00150 e. The highest BCUT2D eigenvalue weighted by molar-refractivity contribution is 5.02. The van der Waals surface area contributed by atoms with Crippen molar-refractivity contribution in [1.29, 1.82) is 0 Å². The molecule has 3 fully saturated rings. The Kier molecular flexibility index (Phi) is 2.31. The highest BCUT2D eigenvalue weighted by atomic mass is 14.9. The van der Waals surface area contributed by atoms with Gasteiger partial charge in [0.1, 0.15) is 0 Å². The zero-order chi connectivity index (χ0) is 9.43. The maximum atomic E-state index is 3.64. The van der Waals surface area contributed by atoms with Crippen molar-refractivity contribution in [2.24, 2.45) is 17.3 Å². The van der Waals surface area contributed by atoms with Crippen LogP contribution in [0.1, 0.15) is 51.4 Å². The molecule has 1 spiro atoms. The van der Waals surface area contributed by atoms with Crippen LogP contribution in [0.5, 0.6) is 0 Å². The number of piperidine rings is 1. The molecule has 0 aromatic carbocycles. The van der Waals surface area contributed by atoms with E-state index < -0.39 is 0 Å². The van der Waals surface area contributed by atoms with E-state index in [-0.39, 0.29) is 0 Å². The second-order valence-corrected chi connectivity index (χ2v) is 5.78. The Balaban J connectivity index is 1.85. The van der Waals surface area contributed by atoms with Crippen LogP contribution in [0.4, 0.5) is 0 Å². The number of rotatable bonds is 0. The summed E-state index contributed by atoms with van der Waals surface area (Å²) in [5.41, 5.74) is 0.807. The second kappa shape index (κ2) is 3.52. The second-order valence-electron chi connectivity index (χ2n) is 5.78. The third kappa shape index (κ3) is 1.25. The molecular formula is C13H23N. The van der Waals surface area contributed by atoms with Gasteiger partial charge < -0.3 is 5.32 Å². The van der Waals surface area contributed by atoms with Crippen LogP contribution in [0.25, 0.3) is 0 Å². The molecule has 1 heteroatoms. The van der Waals surface area contributed by atoms with Gasteiger partial charge >= 0.3 is 0 Å². The summed E-state index contributed by atoms with van der Waals surface area (Å²) in [7, 11) is 0. The topological polar surface area (TPSA) is 12.0 Å². The largest absolute Gasteiger partial charge is 0.316 e. The van der Waals surface area contributed by atoms with Crippen LogP contribution in [0.15, 0.2) is 0 Å². The molecule has 1 aliphatic heterocycles. The summed E-state index contributed by atoms with van der Waals surface area (Å²) in [6, 6.07) is 0. The van der Waals surface area contributed by atoms with Crippen molar-refractivity contribution in [1.82, 2.24) is 5.32 Å². The highest BCUT2D eigenvalue weighted by Gasteiger charge is 2.50. The van der Waals surface area contributed by atoms with Gasteiger partial charge in [0.15, 0.2) is 0 Å². The molecule has 3 aliphatic rings. The van der Waals surface area contributed by atoms with Crippen molar-refractivity contribution in [3.05, 3.63) is 0 Å². The molecule has 2 unspecified atom stereocenters. The average molecular weight is 193 g/mol. The normalized spacial score (nSPS) is 41.1. The summed E-state index contributed by atoms with van der Waals surface area (Å²) >= 11 is 0. The first-order valence-electron chi connectivity index (χ1n) is 6.62. The minimum atomic E-state index is 0.807. The van der Waals surface area contributed by atoms with Crippen molar-refractivity contribution >= 4 is 0 Å². The summed E-state index contributed by atoms with van der Waals surface area (Å²) in [5, 5.41) is 3.64. The summed E-state index contributed by atoms with van der Waals surface area (Å²) in [6.45, 7) is 2.66. The van der Waals surface area contributed by atoms with E-state index in [1.165, 1.54) is 51.6 Å². The molecule has 0 amide bonds. The highest BCUT2D eigenvalue weighted by Crippen LogP contribution is 2.56. The average Bonchev–Trinajstić information content (AvgIpc) is 2.46. The summed E-state index contributed by atoms with van der Waals surface area (Å²) < 4.78 is 0. The first-order chi connectivity index (χ1) is 6.92. The lowest BCUT2D eigenvalue weighted by molar-refractivity contribution is 0.0738. The molecule has 2 bridgehead atoms. The first kappa shape index (κ1) is 9.21. The third-order valence-electron chi connectivity index (χ3n) is 5.31. The van der Waals surface area contributed by atoms with E-state index in [1.807, 2.05) is 0 Å². The fraction of sp³-hybridized carbons (Fsp3) is 1.00. The van der Waals surface area contributed by atoms with Gasteiger partial charge in [-0.3, -0.25) is 0 Å². The predicted molar refractivity (Wildman–Crippen MR) is 59.2 cm³/mol. The van der Waals surface area contributed by atoms with E-state index in [0.717, 1.165) is 17.3 Å². The van der Waals surface area contributed by atoms with Crippen molar-refractivity contribution in [2.45, 2.75) is 51.4 Å². The molecule has 0 aromatic heterocycles. The van der Waals surface area contributed by atoms with Gasteiger partial charge in [-0.15, -0.1) is 0 Å². The smallest absolute Gasteiger partial charge is 0.00150 e. The Morgan fingerprint density at radius 2 is 1.36 bits per heavy atom. The van der Waals surface area contributed by atoms with Crippen LogP contribution in [0, 0.1) is 17.3 Å².